The fraction of sp³-hybridized carbons (Fsp3) is 0.647. The Morgan fingerprint density at radius 2 is 2.22 bits per heavy atom. The Balaban J connectivity index is 1.62. The normalized spacial score (nSPS) is 33.5. The Kier molecular flexibility index (Phi) is 4.59. The van der Waals surface area contributed by atoms with Gasteiger partial charge in [-0.25, -0.2) is 4.98 Å². The van der Waals surface area contributed by atoms with Crippen LogP contribution < -0.4 is 10.6 Å². The van der Waals surface area contributed by atoms with Gasteiger partial charge in [0.15, 0.2) is 0 Å². The first-order chi connectivity index (χ1) is 11.1. The third-order valence-electron chi connectivity index (χ3n) is 5.45. The Bertz CT molecular complexity index is 577. The maximum Gasteiger partial charge on any atom is 0.271 e. The zero-order valence-corrected chi connectivity index (χ0v) is 13.7. The lowest BCUT2D eigenvalue weighted by Gasteiger charge is -2.46. The van der Waals surface area contributed by atoms with Crippen LogP contribution in [0.2, 0.25) is 0 Å². The van der Waals surface area contributed by atoms with Crippen molar-refractivity contribution in [2.45, 2.75) is 51.6 Å². The highest BCUT2D eigenvalue weighted by Crippen LogP contribution is 2.38. The summed E-state index contributed by atoms with van der Waals surface area (Å²) in [4.78, 5) is 32.4. The van der Waals surface area contributed by atoms with Crippen LogP contribution in [0.3, 0.4) is 0 Å². The number of nitrogens with zero attached hydrogens (tertiary/aromatic N) is 2. The van der Waals surface area contributed by atoms with Gasteiger partial charge in [0.25, 0.3) is 5.91 Å². The topological polar surface area (TPSA) is 84.0 Å². The lowest BCUT2D eigenvalue weighted by atomic mass is 9.67. The van der Waals surface area contributed by atoms with Crippen LogP contribution in [0.4, 0.5) is 0 Å². The molecule has 3 rings (SSSR count). The standard InChI is InChI=1S/C17H24N4O2/c1-3-12-10(2)13-5-4-11(8-14(13)21-16(12)22)20-17(23)15-9-18-6-7-19-15/h6-7,9-14H,3-5,8H2,1-2H3,(H,20,23)(H,21,22). The van der Waals surface area contributed by atoms with E-state index in [1.165, 1.54) is 12.4 Å². The Hall–Kier alpha value is -1.98. The zero-order chi connectivity index (χ0) is 16.4. The van der Waals surface area contributed by atoms with E-state index in [1.54, 1.807) is 6.20 Å². The molecule has 1 aromatic heterocycles. The minimum atomic E-state index is -0.192. The number of hydrogen-bond donors (Lipinski definition) is 2. The molecule has 124 valence electrons. The monoisotopic (exact) mass is 316 g/mol. The molecule has 0 aromatic carbocycles. The van der Waals surface area contributed by atoms with Gasteiger partial charge in [0.05, 0.1) is 6.20 Å². The molecule has 2 amide bonds. The molecule has 5 atom stereocenters. The number of carbonyl (C=O) groups excluding carboxylic acids is 2. The molecule has 1 saturated heterocycles. The van der Waals surface area contributed by atoms with Gasteiger partial charge in [-0.2, -0.15) is 0 Å². The fourth-order valence-electron chi connectivity index (χ4n) is 4.18. The summed E-state index contributed by atoms with van der Waals surface area (Å²) in [5.74, 6) is 1.03. The molecular formula is C17H24N4O2. The van der Waals surface area contributed by atoms with Crippen molar-refractivity contribution < 1.29 is 9.59 Å². The predicted octanol–water partition coefficient (Wildman–Crippen LogP) is 1.54. The van der Waals surface area contributed by atoms with E-state index in [9.17, 15) is 9.59 Å². The number of piperidine rings is 1. The van der Waals surface area contributed by atoms with Crippen molar-refractivity contribution in [3.8, 4) is 0 Å². The van der Waals surface area contributed by atoms with Gasteiger partial charge in [0.1, 0.15) is 5.69 Å². The van der Waals surface area contributed by atoms with Gasteiger partial charge < -0.3 is 10.6 Å². The van der Waals surface area contributed by atoms with Gasteiger partial charge in [-0.15, -0.1) is 0 Å². The highest BCUT2D eigenvalue weighted by Gasteiger charge is 2.43. The van der Waals surface area contributed by atoms with Crippen molar-refractivity contribution in [2.24, 2.45) is 17.8 Å². The first-order valence-corrected chi connectivity index (χ1v) is 8.47. The number of carbonyl (C=O) groups is 2. The smallest absolute Gasteiger partial charge is 0.271 e. The number of hydrogen-bond acceptors (Lipinski definition) is 4. The summed E-state index contributed by atoms with van der Waals surface area (Å²) >= 11 is 0. The second-order valence-electron chi connectivity index (χ2n) is 6.73. The highest BCUT2D eigenvalue weighted by molar-refractivity contribution is 5.92. The minimum absolute atomic E-state index is 0.0800. The van der Waals surface area contributed by atoms with Crippen LogP contribution in [0.15, 0.2) is 18.6 Å². The number of fused-ring (bicyclic) bond motifs is 1. The summed E-state index contributed by atoms with van der Waals surface area (Å²) in [5, 5.41) is 6.20. The molecule has 5 unspecified atom stereocenters. The molecule has 0 bridgehead atoms. The van der Waals surface area contributed by atoms with E-state index < -0.39 is 0 Å². The molecule has 1 saturated carbocycles. The molecule has 2 fully saturated rings. The Morgan fingerprint density at radius 3 is 2.91 bits per heavy atom. The fourth-order valence-corrected chi connectivity index (χ4v) is 4.18. The second kappa shape index (κ2) is 6.64. The van der Waals surface area contributed by atoms with Crippen molar-refractivity contribution >= 4 is 11.8 Å². The van der Waals surface area contributed by atoms with Crippen molar-refractivity contribution in [1.82, 2.24) is 20.6 Å². The lowest BCUT2D eigenvalue weighted by Crippen LogP contribution is -2.58. The summed E-state index contributed by atoms with van der Waals surface area (Å²) in [7, 11) is 0. The minimum Gasteiger partial charge on any atom is -0.353 e. The molecule has 23 heavy (non-hydrogen) atoms. The van der Waals surface area contributed by atoms with Crippen LogP contribution in [-0.2, 0) is 4.79 Å². The van der Waals surface area contributed by atoms with E-state index in [2.05, 4.69) is 34.4 Å². The van der Waals surface area contributed by atoms with Gasteiger partial charge in [-0.1, -0.05) is 13.8 Å². The Morgan fingerprint density at radius 1 is 1.39 bits per heavy atom. The Labute approximate surface area is 136 Å². The van der Waals surface area contributed by atoms with E-state index in [0.29, 0.717) is 17.5 Å². The molecule has 2 aliphatic rings. The van der Waals surface area contributed by atoms with E-state index in [-0.39, 0.29) is 29.8 Å². The van der Waals surface area contributed by atoms with Crippen molar-refractivity contribution in [2.75, 3.05) is 0 Å². The molecule has 2 N–H and O–H groups in total. The molecule has 1 aromatic rings. The molecule has 6 nitrogen and oxygen atoms in total. The third kappa shape index (κ3) is 3.21. The predicted molar refractivity (Wildman–Crippen MR) is 85.5 cm³/mol. The third-order valence-corrected chi connectivity index (χ3v) is 5.45. The zero-order valence-electron chi connectivity index (χ0n) is 13.7. The molecule has 1 aliphatic carbocycles. The van der Waals surface area contributed by atoms with Crippen LogP contribution >= 0.6 is 0 Å². The van der Waals surface area contributed by atoms with E-state index in [4.69, 9.17) is 0 Å². The van der Waals surface area contributed by atoms with Crippen LogP contribution in [0.25, 0.3) is 0 Å². The summed E-state index contributed by atoms with van der Waals surface area (Å²) in [6, 6.07) is 0.248. The van der Waals surface area contributed by atoms with Crippen molar-refractivity contribution in [3.63, 3.8) is 0 Å². The SMILES string of the molecule is CCC1C(=O)NC2CC(NC(=O)c3cnccn3)CCC2C1C. The lowest BCUT2D eigenvalue weighted by molar-refractivity contribution is -0.133. The van der Waals surface area contributed by atoms with Gasteiger partial charge in [-0.3, -0.25) is 14.6 Å². The largest absolute Gasteiger partial charge is 0.353 e. The summed E-state index contributed by atoms with van der Waals surface area (Å²) < 4.78 is 0. The highest BCUT2D eigenvalue weighted by atomic mass is 16.2. The van der Waals surface area contributed by atoms with E-state index in [0.717, 1.165) is 25.7 Å². The number of aromatic nitrogens is 2. The van der Waals surface area contributed by atoms with Gasteiger partial charge in [0.2, 0.25) is 5.91 Å². The summed E-state index contributed by atoms with van der Waals surface area (Å²) in [6.45, 7) is 4.27. The average Bonchev–Trinajstić information content (AvgIpc) is 2.55. The van der Waals surface area contributed by atoms with Gasteiger partial charge in [0, 0.05) is 30.4 Å². The first-order valence-electron chi connectivity index (χ1n) is 8.47. The number of amides is 2. The molecule has 0 radical (unpaired) electrons. The average molecular weight is 316 g/mol. The summed E-state index contributed by atoms with van der Waals surface area (Å²) in [6.07, 6.45) is 8.20. The second-order valence-corrected chi connectivity index (χ2v) is 6.73. The van der Waals surface area contributed by atoms with Gasteiger partial charge in [-0.05, 0) is 37.5 Å². The van der Waals surface area contributed by atoms with Crippen molar-refractivity contribution in [3.05, 3.63) is 24.3 Å². The maximum atomic E-state index is 12.2. The quantitative estimate of drug-likeness (QED) is 0.886. The molecule has 1 aliphatic heterocycles. The van der Waals surface area contributed by atoms with Crippen molar-refractivity contribution in [1.29, 1.82) is 0 Å². The first kappa shape index (κ1) is 15.9. The van der Waals surface area contributed by atoms with Crippen LogP contribution in [-0.4, -0.2) is 33.9 Å². The molecule has 6 heteroatoms. The van der Waals surface area contributed by atoms with Crippen LogP contribution in [0, 0.1) is 17.8 Å². The summed E-state index contributed by atoms with van der Waals surface area (Å²) in [5.41, 5.74) is 0.335. The van der Waals surface area contributed by atoms with E-state index in [1.807, 2.05) is 0 Å². The number of nitrogens with one attached hydrogen (secondary N) is 2. The van der Waals surface area contributed by atoms with Crippen LogP contribution in [0.1, 0.15) is 50.0 Å². The van der Waals surface area contributed by atoms with Crippen LogP contribution in [0.5, 0.6) is 0 Å². The molecule has 0 spiro atoms. The molecular weight excluding hydrogens is 292 g/mol. The number of rotatable bonds is 3. The molecule has 2 heterocycles. The maximum absolute atomic E-state index is 12.2. The van der Waals surface area contributed by atoms with Gasteiger partial charge >= 0.3 is 0 Å². The van der Waals surface area contributed by atoms with E-state index >= 15 is 0 Å².